The van der Waals surface area contributed by atoms with Crippen molar-refractivity contribution in [2.24, 2.45) is 10.9 Å². The molecule has 1 fully saturated rings. The number of hydrogen-bond acceptors (Lipinski definition) is 6. The number of halogens is 3. The zero-order valence-electron chi connectivity index (χ0n) is 19.4. The molecule has 0 radical (unpaired) electrons. The van der Waals surface area contributed by atoms with Gasteiger partial charge < -0.3 is 4.57 Å². The second-order valence-electron chi connectivity index (χ2n) is 9.58. The molecule has 0 amide bonds. The molecular formula is C26H18Cl2FN7O. The topological polar surface area (TPSA) is 90.9 Å². The van der Waals surface area contributed by atoms with Crippen molar-refractivity contribution in [2.75, 3.05) is 0 Å². The maximum atomic E-state index is 14.6. The maximum absolute atomic E-state index is 14.6. The van der Waals surface area contributed by atoms with Crippen LogP contribution in [0.2, 0.25) is 5.02 Å². The van der Waals surface area contributed by atoms with Crippen LogP contribution in [0.25, 0.3) is 22.4 Å². The molecule has 1 aromatic carbocycles. The summed E-state index contributed by atoms with van der Waals surface area (Å²) in [6.07, 6.45) is 2.83. The highest BCUT2D eigenvalue weighted by molar-refractivity contribution is 6.35. The van der Waals surface area contributed by atoms with Gasteiger partial charge in [-0.1, -0.05) is 23.2 Å². The van der Waals surface area contributed by atoms with Gasteiger partial charge in [0.05, 0.1) is 11.7 Å². The van der Waals surface area contributed by atoms with Crippen LogP contribution in [0, 0.1) is 18.8 Å². The number of aliphatic imine (C=N–C) groups is 1. The van der Waals surface area contributed by atoms with Gasteiger partial charge in [0, 0.05) is 57.2 Å². The molecule has 5 heterocycles. The first-order valence-electron chi connectivity index (χ1n) is 11.8. The summed E-state index contributed by atoms with van der Waals surface area (Å²) in [5.74, 6) is -0.0658. The molecule has 3 atom stereocenters. The number of allylic oxidation sites excluding steroid dienone is 1. The molecule has 0 bridgehead atoms. The lowest BCUT2D eigenvalue weighted by Gasteiger charge is -2.20. The van der Waals surface area contributed by atoms with Gasteiger partial charge in [0.15, 0.2) is 0 Å². The fourth-order valence-corrected chi connectivity index (χ4v) is 6.11. The van der Waals surface area contributed by atoms with E-state index in [9.17, 15) is 9.18 Å². The van der Waals surface area contributed by atoms with Crippen LogP contribution in [0.1, 0.15) is 41.8 Å². The molecule has 1 saturated carbocycles. The summed E-state index contributed by atoms with van der Waals surface area (Å²) in [4.78, 5) is 22.1. The number of rotatable bonds is 4. The SMILES string of the molecule is Cc1ccc(C2=C(Cl)N=C(C3C4CC4c4cc(-c5cc(Cl)ccc5-n5cnnn5)cc(=O)n43)C2)c(F)n1. The Balaban J connectivity index is 1.27. The Morgan fingerprint density at radius 3 is 2.73 bits per heavy atom. The van der Waals surface area contributed by atoms with E-state index in [1.807, 2.05) is 22.8 Å². The number of tetrazole rings is 1. The summed E-state index contributed by atoms with van der Waals surface area (Å²) < 4.78 is 18.0. The monoisotopic (exact) mass is 533 g/mol. The highest BCUT2D eigenvalue weighted by atomic mass is 35.5. The van der Waals surface area contributed by atoms with Crippen molar-refractivity contribution in [3.63, 3.8) is 0 Å². The number of nitrogens with zero attached hydrogens (tertiary/aromatic N) is 7. The Hall–Kier alpha value is -3.69. The van der Waals surface area contributed by atoms with Gasteiger partial charge in [-0.25, -0.2) is 9.98 Å². The number of hydrogen-bond donors (Lipinski definition) is 0. The van der Waals surface area contributed by atoms with Gasteiger partial charge in [-0.3, -0.25) is 4.79 Å². The summed E-state index contributed by atoms with van der Waals surface area (Å²) in [5.41, 5.74) is 5.35. The van der Waals surface area contributed by atoms with Crippen LogP contribution in [-0.2, 0) is 0 Å². The van der Waals surface area contributed by atoms with Gasteiger partial charge in [0.2, 0.25) is 5.95 Å². The molecule has 4 aromatic rings. The highest BCUT2D eigenvalue weighted by Crippen LogP contribution is 2.60. The molecule has 37 heavy (non-hydrogen) atoms. The van der Waals surface area contributed by atoms with Crippen molar-refractivity contribution in [3.8, 4) is 16.8 Å². The van der Waals surface area contributed by atoms with Crippen LogP contribution in [0.15, 0.2) is 63.7 Å². The quantitative estimate of drug-likeness (QED) is 0.269. The van der Waals surface area contributed by atoms with Crippen LogP contribution in [-0.4, -0.2) is 35.5 Å². The Morgan fingerprint density at radius 1 is 1.08 bits per heavy atom. The first-order valence-corrected chi connectivity index (χ1v) is 12.5. The number of benzene rings is 1. The molecule has 1 aliphatic carbocycles. The van der Waals surface area contributed by atoms with E-state index in [1.165, 1.54) is 6.33 Å². The van der Waals surface area contributed by atoms with Crippen molar-refractivity contribution >= 4 is 34.5 Å². The minimum atomic E-state index is -0.567. The molecule has 184 valence electrons. The maximum Gasteiger partial charge on any atom is 0.251 e. The van der Waals surface area contributed by atoms with Crippen molar-refractivity contribution in [2.45, 2.75) is 31.7 Å². The molecule has 0 saturated heterocycles. The first kappa shape index (κ1) is 22.5. The fraction of sp³-hybridized carbons (Fsp3) is 0.231. The average Bonchev–Trinajstić information content (AvgIpc) is 3.17. The summed E-state index contributed by atoms with van der Waals surface area (Å²) in [6.45, 7) is 1.73. The van der Waals surface area contributed by atoms with Crippen LogP contribution in [0.3, 0.4) is 0 Å². The lowest BCUT2D eigenvalue weighted by molar-refractivity contribution is 0.574. The minimum absolute atomic E-state index is 0.136. The largest absolute Gasteiger partial charge is 0.303 e. The standard InChI is InChI=1S/C26H18Cl2FN7O/c1-12-2-4-15(26(29)31-12)19-10-20(32-25(19)28)24-18-9-17(18)22-6-13(7-23(37)36(22)24)16-8-14(27)3-5-21(16)35-11-30-33-34-35/h2-8,11,17-18,24H,9-10H2,1H3. The molecule has 3 aliphatic rings. The molecule has 0 spiro atoms. The smallest absolute Gasteiger partial charge is 0.251 e. The van der Waals surface area contributed by atoms with E-state index < -0.39 is 5.95 Å². The van der Waals surface area contributed by atoms with Gasteiger partial charge in [-0.2, -0.15) is 9.07 Å². The lowest BCUT2D eigenvalue weighted by Crippen LogP contribution is -2.29. The molecule has 3 unspecified atom stereocenters. The van der Waals surface area contributed by atoms with Crippen molar-refractivity contribution < 1.29 is 4.39 Å². The number of pyridine rings is 2. The first-order chi connectivity index (χ1) is 17.9. The third-order valence-corrected chi connectivity index (χ3v) is 7.92. The Bertz CT molecular complexity index is 1730. The third kappa shape index (κ3) is 3.56. The molecule has 0 N–H and O–H groups in total. The molecule has 7 rings (SSSR count). The van der Waals surface area contributed by atoms with Gasteiger partial charge in [0.25, 0.3) is 5.56 Å². The summed E-state index contributed by atoms with van der Waals surface area (Å²) in [6, 6.07) is 12.3. The normalized spacial score (nSPS) is 21.7. The second-order valence-corrected chi connectivity index (χ2v) is 10.4. The van der Waals surface area contributed by atoms with Crippen LogP contribution >= 0.6 is 23.2 Å². The molecular weight excluding hydrogens is 516 g/mol. The third-order valence-electron chi connectivity index (χ3n) is 7.37. The van der Waals surface area contributed by atoms with Gasteiger partial charge in [-0.05, 0) is 71.7 Å². The Labute approximate surface area is 220 Å². The van der Waals surface area contributed by atoms with E-state index in [4.69, 9.17) is 23.2 Å². The number of fused-ring (bicyclic) bond motifs is 3. The van der Waals surface area contributed by atoms with Crippen LogP contribution < -0.4 is 5.56 Å². The van der Waals surface area contributed by atoms with E-state index in [-0.39, 0.29) is 28.6 Å². The minimum Gasteiger partial charge on any atom is -0.303 e. The van der Waals surface area contributed by atoms with E-state index >= 15 is 0 Å². The van der Waals surface area contributed by atoms with Crippen molar-refractivity contribution in [3.05, 3.63) is 92.2 Å². The van der Waals surface area contributed by atoms with E-state index in [2.05, 4.69) is 25.5 Å². The molecule has 3 aromatic heterocycles. The number of aryl methyl sites for hydroxylation is 1. The highest BCUT2D eigenvalue weighted by Gasteiger charge is 2.55. The summed E-state index contributed by atoms with van der Waals surface area (Å²) >= 11 is 12.8. The van der Waals surface area contributed by atoms with Crippen LogP contribution in [0.5, 0.6) is 0 Å². The molecule has 8 nitrogen and oxygen atoms in total. The number of aromatic nitrogens is 6. The second kappa shape index (κ2) is 8.16. The predicted molar refractivity (Wildman–Crippen MR) is 138 cm³/mol. The summed E-state index contributed by atoms with van der Waals surface area (Å²) in [7, 11) is 0. The van der Waals surface area contributed by atoms with Crippen molar-refractivity contribution in [1.82, 2.24) is 29.8 Å². The molecule has 11 heteroatoms. The Morgan fingerprint density at radius 2 is 1.95 bits per heavy atom. The fourth-order valence-electron chi connectivity index (χ4n) is 5.66. The van der Waals surface area contributed by atoms with Crippen LogP contribution in [0.4, 0.5) is 4.39 Å². The lowest BCUT2D eigenvalue weighted by atomic mass is 9.98. The van der Waals surface area contributed by atoms with E-state index in [0.717, 1.165) is 34.6 Å². The van der Waals surface area contributed by atoms with Gasteiger partial charge >= 0.3 is 0 Å². The van der Waals surface area contributed by atoms with E-state index in [1.54, 1.807) is 35.9 Å². The molecule has 2 aliphatic heterocycles. The predicted octanol–water partition coefficient (Wildman–Crippen LogP) is 5.10. The zero-order chi connectivity index (χ0) is 25.4. The van der Waals surface area contributed by atoms with E-state index in [0.29, 0.717) is 28.3 Å². The van der Waals surface area contributed by atoms with Crippen molar-refractivity contribution in [1.29, 1.82) is 0 Å². The Kier molecular flexibility index (Phi) is 4.96. The summed E-state index contributed by atoms with van der Waals surface area (Å²) in [5, 5.41) is 12.2. The average molecular weight is 534 g/mol. The zero-order valence-corrected chi connectivity index (χ0v) is 20.9. The van der Waals surface area contributed by atoms with Gasteiger partial charge in [-0.15, -0.1) is 5.10 Å². The van der Waals surface area contributed by atoms with Gasteiger partial charge in [0.1, 0.15) is 11.5 Å².